The monoisotopic (exact) mass is 187 g/mol. The minimum Gasteiger partial charge on any atom is -0.261 e. The van der Waals surface area contributed by atoms with E-state index in [1.54, 1.807) is 11.1 Å². The van der Waals surface area contributed by atoms with Crippen LogP contribution in [-0.2, 0) is 12.8 Å². The summed E-state index contributed by atoms with van der Waals surface area (Å²) in [7, 11) is 0. The van der Waals surface area contributed by atoms with Gasteiger partial charge in [0.1, 0.15) is 0 Å². The number of rotatable bonds is 0. The highest BCUT2D eigenvalue weighted by molar-refractivity contribution is 5.36. The van der Waals surface area contributed by atoms with Crippen LogP contribution in [-0.4, -0.2) is 4.98 Å². The van der Waals surface area contributed by atoms with Gasteiger partial charge in [-0.25, -0.2) is 0 Å². The van der Waals surface area contributed by atoms with Gasteiger partial charge in [0.05, 0.1) is 0 Å². The van der Waals surface area contributed by atoms with Crippen molar-refractivity contribution in [3.05, 3.63) is 29.1 Å². The Balaban J connectivity index is 2.00. The Morgan fingerprint density at radius 2 is 2.00 bits per heavy atom. The number of fused-ring (bicyclic) bond motifs is 1. The predicted octanol–water partition coefficient (Wildman–Crippen LogP) is 3.05. The van der Waals surface area contributed by atoms with Crippen molar-refractivity contribution >= 4 is 0 Å². The van der Waals surface area contributed by atoms with Crippen molar-refractivity contribution in [2.75, 3.05) is 0 Å². The summed E-state index contributed by atoms with van der Waals surface area (Å²) in [4.78, 5) is 4.41. The molecule has 0 bridgehead atoms. The van der Waals surface area contributed by atoms with Crippen LogP contribution in [0.3, 0.4) is 0 Å². The first-order valence-electron chi connectivity index (χ1n) is 5.73. The number of nitrogens with zero attached hydrogens (tertiary/aromatic N) is 1. The molecule has 0 unspecified atom stereocenters. The summed E-state index contributed by atoms with van der Waals surface area (Å²) in [5, 5.41) is 0. The molecule has 1 aromatic rings. The van der Waals surface area contributed by atoms with Crippen molar-refractivity contribution in [3.8, 4) is 0 Å². The summed E-state index contributed by atoms with van der Waals surface area (Å²) in [5.74, 6) is 0. The van der Waals surface area contributed by atoms with Gasteiger partial charge in [-0.1, -0.05) is 12.8 Å². The minimum atomic E-state index is 0.649. The van der Waals surface area contributed by atoms with Crippen molar-refractivity contribution in [3.63, 3.8) is 0 Å². The first-order valence-corrected chi connectivity index (χ1v) is 5.73. The van der Waals surface area contributed by atoms with E-state index in [2.05, 4.69) is 18.0 Å². The van der Waals surface area contributed by atoms with Crippen molar-refractivity contribution in [1.82, 2.24) is 4.98 Å². The fourth-order valence-electron chi connectivity index (χ4n) is 3.38. The molecule has 1 heterocycles. The van der Waals surface area contributed by atoms with Crippen molar-refractivity contribution in [2.45, 2.75) is 45.4 Å². The SMILES string of the molecule is Cc1nccc2c1CC1(CCCC1)C2. The van der Waals surface area contributed by atoms with E-state index >= 15 is 0 Å². The zero-order valence-corrected chi connectivity index (χ0v) is 8.84. The van der Waals surface area contributed by atoms with Crippen LogP contribution in [0.5, 0.6) is 0 Å². The third kappa shape index (κ3) is 1.11. The van der Waals surface area contributed by atoms with E-state index in [1.165, 1.54) is 44.2 Å². The Bertz CT molecular complexity index is 361. The molecule has 74 valence electrons. The number of aromatic nitrogens is 1. The number of hydrogen-bond acceptors (Lipinski definition) is 1. The van der Waals surface area contributed by atoms with E-state index < -0.39 is 0 Å². The molecule has 1 saturated carbocycles. The molecular weight excluding hydrogens is 170 g/mol. The van der Waals surface area contributed by atoms with E-state index in [1.807, 2.05) is 6.20 Å². The summed E-state index contributed by atoms with van der Waals surface area (Å²) in [6.07, 6.45) is 10.4. The van der Waals surface area contributed by atoms with Crippen molar-refractivity contribution in [2.24, 2.45) is 5.41 Å². The maximum absolute atomic E-state index is 4.41. The van der Waals surface area contributed by atoms with Gasteiger partial charge in [0, 0.05) is 11.9 Å². The van der Waals surface area contributed by atoms with Gasteiger partial charge in [-0.15, -0.1) is 0 Å². The topological polar surface area (TPSA) is 12.9 Å². The molecule has 1 heteroatoms. The Hall–Kier alpha value is -0.850. The van der Waals surface area contributed by atoms with Crippen molar-refractivity contribution < 1.29 is 0 Å². The second kappa shape index (κ2) is 2.82. The average molecular weight is 187 g/mol. The largest absolute Gasteiger partial charge is 0.261 e. The Labute approximate surface area is 85.6 Å². The van der Waals surface area contributed by atoms with E-state index in [9.17, 15) is 0 Å². The molecule has 0 saturated heterocycles. The molecule has 0 radical (unpaired) electrons. The van der Waals surface area contributed by atoms with Gasteiger partial charge in [0.2, 0.25) is 0 Å². The summed E-state index contributed by atoms with van der Waals surface area (Å²) < 4.78 is 0. The van der Waals surface area contributed by atoms with Crippen LogP contribution >= 0.6 is 0 Å². The molecule has 0 aromatic carbocycles. The van der Waals surface area contributed by atoms with Gasteiger partial charge in [0.15, 0.2) is 0 Å². The van der Waals surface area contributed by atoms with Crippen LogP contribution in [0.2, 0.25) is 0 Å². The van der Waals surface area contributed by atoms with Gasteiger partial charge in [-0.3, -0.25) is 4.98 Å². The van der Waals surface area contributed by atoms with Crippen LogP contribution in [0.4, 0.5) is 0 Å². The predicted molar refractivity (Wildman–Crippen MR) is 57.3 cm³/mol. The normalized spacial score (nSPS) is 22.9. The summed E-state index contributed by atoms with van der Waals surface area (Å²) in [6.45, 7) is 2.16. The summed E-state index contributed by atoms with van der Waals surface area (Å²) in [5.41, 5.74) is 5.07. The lowest BCUT2D eigenvalue weighted by Gasteiger charge is -2.21. The number of pyridine rings is 1. The molecule has 1 aromatic heterocycles. The third-order valence-corrected chi connectivity index (χ3v) is 4.15. The molecule has 0 N–H and O–H groups in total. The maximum atomic E-state index is 4.41. The summed E-state index contributed by atoms with van der Waals surface area (Å²) >= 11 is 0. The minimum absolute atomic E-state index is 0.649. The first-order chi connectivity index (χ1) is 6.79. The molecule has 1 nitrogen and oxygen atoms in total. The molecule has 2 aliphatic carbocycles. The zero-order valence-electron chi connectivity index (χ0n) is 8.84. The number of aryl methyl sites for hydroxylation is 1. The van der Waals surface area contributed by atoms with Crippen LogP contribution in [0.25, 0.3) is 0 Å². The lowest BCUT2D eigenvalue weighted by atomic mass is 9.83. The van der Waals surface area contributed by atoms with Crippen LogP contribution in [0.1, 0.15) is 42.5 Å². The molecule has 2 aliphatic rings. The van der Waals surface area contributed by atoms with Gasteiger partial charge >= 0.3 is 0 Å². The highest BCUT2D eigenvalue weighted by Gasteiger charge is 2.39. The maximum Gasteiger partial charge on any atom is 0.0407 e. The molecule has 1 spiro atoms. The lowest BCUT2D eigenvalue weighted by molar-refractivity contribution is 0.317. The highest BCUT2D eigenvalue weighted by Crippen LogP contribution is 2.48. The van der Waals surface area contributed by atoms with Crippen LogP contribution < -0.4 is 0 Å². The molecule has 14 heavy (non-hydrogen) atoms. The average Bonchev–Trinajstić information content (AvgIpc) is 2.75. The molecule has 0 aliphatic heterocycles. The van der Waals surface area contributed by atoms with Crippen LogP contribution in [0.15, 0.2) is 12.3 Å². The highest BCUT2D eigenvalue weighted by atomic mass is 14.7. The molecule has 0 amide bonds. The van der Waals surface area contributed by atoms with Gasteiger partial charge < -0.3 is 0 Å². The smallest absolute Gasteiger partial charge is 0.0407 e. The van der Waals surface area contributed by atoms with Gasteiger partial charge in [0.25, 0.3) is 0 Å². The molecular formula is C13H17N. The van der Waals surface area contributed by atoms with E-state index in [0.717, 1.165) is 0 Å². The summed E-state index contributed by atoms with van der Waals surface area (Å²) in [6, 6.07) is 2.23. The number of hydrogen-bond donors (Lipinski definition) is 0. The van der Waals surface area contributed by atoms with E-state index in [0.29, 0.717) is 5.41 Å². The Morgan fingerprint density at radius 1 is 1.21 bits per heavy atom. The second-order valence-corrected chi connectivity index (χ2v) is 5.09. The van der Waals surface area contributed by atoms with E-state index in [4.69, 9.17) is 0 Å². The fraction of sp³-hybridized carbons (Fsp3) is 0.615. The molecule has 1 fully saturated rings. The lowest BCUT2D eigenvalue weighted by Crippen LogP contribution is -2.15. The Morgan fingerprint density at radius 3 is 2.71 bits per heavy atom. The first kappa shape index (κ1) is 8.46. The quantitative estimate of drug-likeness (QED) is 0.608. The van der Waals surface area contributed by atoms with E-state index in [-0.39, 0.29) is 0 Å². The zero-order chi connectivity index (χ0) is 9.60. The second-order valence-electron chi connectivity index (χ2n) is 5.09. The molecule has 3 rings (SSSR count). The van der Waals surface area contributed by atoms with Gasteiger partial charge in [-0.05, 0) is 55.2 Å². The Kier molecular flexibility index (Phi) is 1.70. The standard InChI is InChI=1S/C13H17N/c1-10-12-9-13(5-2-3-6-13)8-11(12)4-7-14-10/h4,7H,2-3,5-6,8-9H2,1H3. The van der Waals surface area contributed by atoms with Crippen molar-refractivity contribution in [1.29, 1.82) is 0 Å². The molecule has 0 atom stereocenters. The van der Waals surface area contributed by atoms with Crippen LogP contribution in [0, 0.1) is 12.3 Å². The van der Waals surface area contributed by atoms with Gasteiger partial charge in [-0.2, -0.15) is 0 Å². The third-order valence-electron chi connectivity index (χ3n) is 4.15. The fourth-order valence-corrected chi connectivity index (χ4v) is 3.38.